The van der Waals surface area contributed by atoms with Crippen LogP contribution in [0.5, 0.6) is 0 Å². The lowest BCUT2D eigenvalue weighted by atomic mass is 10.0. The highest BCUT2D eigenvalue weighted by Gasteiger charge is 2.31. The Balaban J connectivity index is 5.44. The lowest BCUT2D eigenvalue weighted by Gasteiger charge is -2.26. The van der Waals surface area contributed by atoms with Gasteiger partial charge in [-0.15, -0.1) is 0 Å². The van der Waals surface area contributed by atoms with Crippen molar-refractivity contribution in [2.24, 2.45) is 28.1 Å². The summed E-state index contributed by atoms with van der Waals surface area (Å²) in [4.78, 5) is 70.1. The standard InChI is InChI=1S/C17H32N7O8P/c1-8(2)12(24-14(26)11(18)9(3)16(28)29)15(27)23-10(5-4-6-21-17(19)20)13(25)22-7-33(30,31)32/h8,10-12H,3-7,18H2,1-2H3,(H,22,25)(H,23,27)(H,24,26)(H,28,29)(H4,19,20,21)(H2,30,31,32). The molecule has 188 valence electrons. The molecule has 0 aromatic heterocycles. The van der Waals surface area contributed by atoms with E-state index in [1.807, 2.05) is 5.32 Å². The van der Waals surface area contributed by atoms with Crippen LogP contribution in [0.1, 0.15) is 26.7 Å². The normalized spacial score (nSPS) is 13.9. The zero-order valence-corrected chi connectivity index (χ0v) is 19.2. The van der Waals surface area contributed by atoms with Crippen LogP contribution in [0.2, 0.25) is 0 Å². The minimum atomic E-state index is -4.55. The molecular weight excluding hydrogens is 461 g/mol. The number of guanidine groups is 1. The van der Waals surface area contributed by atoms with Crippen molar-refractivity contribution < 1.29 is 38.6 Å². The van der Waals surface area contributed by atoms with Gasteiger partial charge in [-0.05, 0) is 18.8 Å². The van der Waals surface area contributed by atoms with E-state index in [0.29, 0.717) is 0 Å². The van der Waals surface area contributed by atoms with Crippen LogP contribution in [0.4, 0.5) is 0 Å². The molecule has 16 heteroatoms. The van der Waals surface area contributed by atoms with Crippen molar-refractivity contribution in [3.63, 3.8) is 0 Å². The van der Waals surface area contributed by atoms with Gasteiger partial charge in [0.25, 0.3) is 0 Å². The fourth-order valence-corrected chi connectivity index (χ4v) is 2.77. The van der Waals surface area contributed by atoms with Gasteiger partial charge in [-0.25, -0.2) is 4.79 Å². The second-order valence-electron chi connectivity index (χ2n) is 7.41. The predicted molar refractivity (Wildman–Crippen MR) is 118 cm³/mol. The van der Waals surface area contributed by atoms with Crippen molar-refractivity contribution in [2.75, 3.05) is 12.8 Å². The summed E-state index contributed by atoms with van der Waals surface area (Å²) in [5, 5.41) is 15.7. The van der Waals surface area contributed by atoms with Gasteiger partial charge < -0.3 is 48.0 Å². The molecule has 0 aliphatic heterocycles. The van der Waals surface area contributed by atoms with Crippen molar-refractivity contribution in [3.8, 4) is 0 Å². The molecule has 0 fully saturated rings. The molecule has 0 saturated carbocycles. The minimum Gasteiger partial charge on any atom is -0.478 e. The molecule has 0 aromatic carbocycles. The molecule has 3 atom stereocenters. The smallest absolute Gasteiger partial charge is 0.344 e. The lowest BCUT2D eigenvalue weighted by molar-refractivity contribution is -0.135. The fourth-order valence-electron chi connectivity index (χ4n) is 2.41. The number of hydrogen-bond donors (Lipinski definition) is 9. The van der Waals surface area contributed by atoms with Crippen LogP contribution in [-0.4, -0.2) is 75.5 Å². The van der Waals surface area contributed by atoms with E-state index in [9.17, 15) is 23.7 Å². The van der Waals surface area contributed by atoms with Crippen molar-refractivity contribution in [1.82, 2.24) is 16.0 Å². The molecule has 15 nitrogen and oxygen atoms in total. The van der Waals surface area contributed by atoms with Crippen LogP contribution in [-0.2, 0) is 23.7 Å². The molecule has 12 N–H and O–H groups in total. The van der Waals surface area contributed by atoms with Crippen LogP contribution >= 0.6 is 7.60 Å². The Morgan fingerprint density at radius 1 is 1.06 bits per heavy atom. The predicted octanol–water partition coefficient (Wildman–Crippen LogP) is -3.11. The molecule has 0 spiro atoms. The van der Waals surface area contributed by atoms with Crippen molar-refractivity contribution in [1.29, 1.82) is 0 Å². The third-order valence-corrected chi connectivity index (χ3v) is 4.79. The summed E-state index contributed by atoms with van der Waals surface area (Å²) >= 11 is 0. The Kier molecular flexibility index (Phi) is 12.3. The van der Waals surface area contributed by atoms with E-state index >= 15 is 0 Å². The number of carbonyl (C=O) groups is 4. The lowest BCUT2D eigenvalue weighted by Crippen LogP contribution is -2.57. The summed E-state index contributed by atoms with van der Waals surface area (Å²) in [5.74, 6) is -4.80. The van der Waals surface area contributed by atoms with E-state index in [1.165, 1.54) is 0 Å². The average molecular weight is 493 g/mol. The molecule has 0 radical (unpaired) electrons. The number of carboxylic acids is 1. The van der Waals surface area contributed by atoms with Gasteiger partial charge >= 0.3 is 13.6 Å². The number of nitrogens with two attached hydrogens (primary N) is 3. The topological polar surface area (TPSA) is 273 Å². The molecule has 33 heavy (non-hydrogen) atoms. The van der Waals surface area contributed by atoms with Gasteiger partial charge in [0.1, 0.15) is 24.4 Å². The quantitative estimate of drug-likeness (QED) is 0.0384. The largest absolute Gasteiger partial charge is 0.478 e. The SMILES string of the molecule is C=C(C(=O)O)C(N)C(=O)NC(C(=O)NC(CCCN=C(N)N)C(=O)NCP(=O)(O)O)C(C)C. The highest BCUT2D eigenvalue weighted by molar-refractivity contribution is 7.51. The molecule has 3 unspecified atom stereocenters. The molecule has 0 aliphatic carbocycles. The average Bonchev–Trinajstić information content (AvgIpc) is 2.69. The summed E-state index contributed by atoms with van der Waals surface area (Å²) in [6, 6.07) is -4.06. The van der Waals surface area contributed by atoms with Crippen molar-refractivity contribution >= 4 is 37.2 Å². The first-order valence-corrected chi connectivity index (χ1v) is 11.5. The summed E-state index contributed by atoms with van der Waals surface area (Å²) in [5.41, 5.74) is 15.4. The molecule has 0 aromatic rings. The number of aliphatic carboxylic acids is 1. The van der Waals surface area contributed by atoms with Gasteiger partial charge in [-0.2, -0.15) is 0 Å². The van der Waals surface area contributed by atoms with E-state index in [1.54, 1.807) is 13.8 Å². The molecular formula is C17H32N7O8P. The molecule has 0 aliphatic rings. The Labute approximate surface area is 190 Å². The summed E-state index contributed by atoms with van der Waals surface area (Å²) < 4.78 is 11.0. The molecule has 0 saturated heterocycles. The third kappa shape index (κ3) is 12.0. The molecule has 0 heterocycles. The second kappa shape index (κ2) is 13.5. The maximum absolute atomic E-state index is 12.8. The van der Waals surface area contributed by atoms with Crippen LogP contribution in [0.25, 0.3) is 0 Å². The number of carbonyl (C=O) groups excluding carboxylic acids is 3. The van der Waals surface area contributed by atoms with E-state index in [-0.39, 0.29) is 25.3 Å². The zero-order valence-electron chi connectivity index (χ0n) is 18.4. The van der Waals surface area contributed by atoms with Crippen molar-refractivity contribution in [3.05, 3.63) is 12.2 Å². The maximum Gasteiger partial charge on any atom is 0.344 e. The Bertz CT molecular complexity index is 822. The Morgan fingerprint density at radius 3 is 2.09 bits per heavy atom. The number of nitrogens with one attached hydrogen (secondary N) is 3. The van der Waals surface area contributed by atoms with Crippen LogP contribution in [0, 0.1) is 5.92 Å². The summed E-state index contributed by atoms with van der Waals surface area (Å²) in [6.07, 6.45) is -0.708. The van der Waals surface area contributed by atoms with Gasteiger partial charge in [-0.1, -0.05) is 20.4 Å². The van der Waals surface area contributed by atoms with Crippen LogP contribution in [0.3, 0.4) is 0 Å². The number of amides is 3. The summed E-state index contributed by atoms with van der Waals surface area (Å²) in [7, 11) is -4.55. The number of hydrogen-bond acceptors (Lipinski definition) is 7. The number of carboxylic acid groups (broad SMARTS) is 1. The van der Waals surface area contributed by atoms with Crippen LogP contribution in [0.15, 0.2) is 17.1 Å². The van der Waals surface area contributed by atoms with E-state index in [4.69, 9.17) is 32.1 Å². The van der Waals surface area contributed by atoms with Crippen LogP contribution < -0.4 is 33.2 Å². The monoisotopic (exact) mass is 493 g/mol. The van der Waals surface area contributed by atoms with Gasteiger partial charge in [0, 0.05) is 6.54 Å². The Hall–Kier alpha value is -3.00. The highest BCUT2D eigenvalue weighted by Crippen LogP contribution is 2.31. The minimum absolute atomic E-state index is 0.00358. The van der Waals surface area contributed by atoms with Crippen molar-refractivity contribution in [2.45, 2.75) is 44.8 Å². The summed E-state index contributed by atoms with van der Waals surface area (Å²) in [6.45, 7) is 6.50. The fraction of sp³-hybridized carbons (Fsp3) is 0.588. The maximum atomic E-state index is 12.8. The molecule has 0 rings (SSSR count). The number of aliphatic imine (C=N–C) groups is 1. The molecule has 3 amide bonds. The Morgan fingerprint density at radius 2 is 1.64 bits per heavy atom. The number of rotatable bonds is 14. The van der Waals surface area contributed by atoms with Gasteiger partial charge in [-0.3, -0.25) is 23.9 Å². The number of nitrogens with zero attached hydrogens (tertiary/aromatic N) is 1. The third-order valence-electron chi connectivity index (χ3n) is 4.22. The van der Waals surface area contributed by atoms with Gasteiger partial charge in [0.05, 0.1) is 5.57 Å². The van der Waals surface area contributed by atoms with Gasteiger partial charge in [0.15, 0.2) is 5.96 Å². The first-order valence-electron chi connectivity index (χ1n) is 9.72. The van der Waals surface area contributed by atoms with Gasteiger partial charge in [0.2, 0.25) is 17.7 Å². The highest BCUT2D eigenvalue weighted by atomic mass is 31.2. The van der Waals surface area contributed by atoms with E-state index < -0.39 is 67.2 Å². The molecule has 0 bridgehead atoms. The first-order chi connectivity index (χ1) is 15.1. The van der Waals surface area contributed by atoms with E-state index in [0.717, 1.165) is 0 Å². The second-order valence-corrected chi connectivity index (χ2v) is 9.06. The first kappa shape index (κ1) is 30.0. The van der Waals surface area contributed by atoms with E-state index in [2.05, 4.69) is 22.2 Å². The zero-order chi connectivity index (χ0) is 25.9.